The van der Waals surface area contributed by atoms with Crippen molar-refractivity contribution in [3.63, 3.8) is 0 Å². The van der Waals surface area contributed by atoms with E-state index in [1.807, 2.05) is 6.55 Å². The first-order valence-corrected chi connectivity index (χ1v) is 17.3. The van der Waals surface area contributed by atoms with Crippen LogP contribution in [0.4, 0.5) is 0 Å². The Hall–Kier alpha value is 1.09. The summed E-state index contributed by atoms with van der Waals surface area (Å²) >= 11 is 17.9. The highest BCUT2D eigenvalue weighted by Crippen LogP contribution is 2.23. The van der Waals surface area contributed by atoms with Crippen molar-refractivity contribution in [2.24, 2.45) is 0 Å². The zero-order valence-corrected chi connectivity index (χ0v) is 21.5. The van der Waals surface area contributed by atoms with Crippen LogP contribution in [0.15, 0.2) is 0 Å². The summed E-state index contributed by atoms with van der Waals surface area (Å²) in [6, 6.07) is 1.06. The molecule has 0 amide bonds. The monoisotopic (exact) mass is 456 g/mol. The molecule has 0 nitrogen and oxygen atoms in total. The van der Waals surface area contributed by atoms with E-state index in [4.69, 9.17) is 33.8 Å². The van der Waals surface area contributed by atoms with Crippen molar-refractivity contribution >= 4 is 40.5 Å². The minimum absolute atomic E-state index is 0.839. The molecule has 4 heteroatoms. The lowest BCUT2D eigenvalue weighted by molar-refractivity contribution is 0.523. The Morgan fingerprint density at radius 1 is 0.407 bits per heavy atom. The van der Waals surface area contributed by atoms with Gasteiger partial charge in [0.1, 0.15) is 0 Å². The average molecular weight is 458 g/mol. The molecular weight excluding hydrogens is 411 g/mol. The first-order chi connectivity index (χ1) is 13.1. The molecule has 0 saturated heterocycles. The van der Waals surface area contributed by atoms with Crippen LogP contribution >= 0.6 is 33.8 Å². The summed E-state index contributed by atoms with van der Waals surface area (Å²) in [4.78, 5) is 0. The molecule has 0 aliphatic rings. The van der Waals surface area contributed by atoms with E-state index in [9.17, 15) is 0 Å². The molecule has 0 spiro atoms. The van der Waals surface area contributed by atoms with Crippen molar-refractivity contribution in [3.8, 4) is 0 Å². The maximum atomic E-state index is 6.12. The first kappa shape index (κ1) is 28.1. The molecule has 0 saturated carbocycles. The van der Waals surface area contributed by atoms with Gasteiger partial charge < -0.3 is 0 Å². The van der Waals surface area contributed by atoms with E-state index in [0.29, 0.717) is 0 Å². The molecule has 0 aliphatic heterocycles. The second kappa shape index (κ2) is 21.8. The molecule has 0 radical (unpaired) electrons. The van der Waals surface area contributed by atoms with E-state index in [0.717, 1.165) is 11.9 Å². The summed E-state index contributed by atoms with van der Waals surface area (Å²) in [5.74, 6) is 0.839. The number of hydrogen-bond acceptors (Lipinski definition) is 0. The number of halogens is 3. The lowest BCUT2D eigenvalue weighted by Crippen LogP contribution is -2.11. The van der Waals surface area contributed by atoms with Crippen LogP contribution in [0.1, 0.15) is 128 Å². The number of alkyl halides is 1. The molecule has 0 heterocycles. The fraction of sp³-hybridized carbons (Fsp3) is 1.00. The van der Waals surface area contributed by atoms with E-state index in [1.54, 1.807) is 0 Å². The van der Waals surface area contributed by atoms with Gasteiger partial charge in [0, 0.05) is 5.88 Å². The Balaban J connectivity index is 3.01. The zero-order valence-electron chi connectivity index (χ0n) is 18.2. The Morgan fingerprint density at radius 3 is 0.852 bits per heavy atom. The Labute approximate surface area is 186 Å². The smallest absolute Gasteiger partial charge is 0.146 e. The van der Waals surface area contributed by atoms with Crippen LogP contribution in [0, 0.1) is 0 Å². The van der Waals surface area contributed by atoms with Gasteiger partial charge >= 0.3 is 0 Å². The zero-order chi connectivity index (χ0) is 20.1. The molecule has 0 aromatic carbocycles. The van der Waals surface area contributed by atoms with Crippen LogP contribution in [0.3, 0.4) is 0 Å². The van der Waals surface area contributed by atoms with E-state index in [2.05, 4.69) is 0 Å². The normalized spacial score (nSPS) is 12.0. The van der Waals surface area contributed by atoms with Gasteiger partial charge in [-0.15, -0.1) is 33.8 Å². The van der Waals surface area contributed by atoms with Crippen LogP contribution in [-0.2, 0) is 0 Å². The summed E-state index contributed by atoms with van der Waals surface area (Å²) in [5, 5.41) is 0. The fourth-order valence-electron chi connectivity index (χ4n) is 3.71. The highest BCUT2D eigenvalue weighted by Gasteiger charge is 2.19. The van der Waals surface area contributed by atoms with Gasteiger partial charge in [-0.3, -0.25) is 0 Å². The second-order valence-electron chi connectivity index (χ2n) is 8.58. The van der Waals surface area contributed by atoms with Gasteiger partial charge in [0.05, 0.1) is 0 Å². The Morgan fingerprint density at radius 2 is 0.630 bits per heavy atom. The standard InChI is InChI=1S/C23H47Cl3Si/c1-27(25,26)23-21-19-17-15-13-11-9-7-5-3-2-4-6-8-10-12-14-16-18-20-22-24/h2-23H2,1H3. The van der Waals surface area contributed by atoms with Crippen molar-refractivity contribution in [1.82, 2.24) is 0 Å². The lowest BCUT2D eigenvalue weighted by atomic mass is 10.0. The van der Waals surface area contributed by atoms with Gasteiger partial charge in [-0.05, 0) is 19.0 Å². The van der Waals surface area contributed by atoms with Crippen molar-refractivity contribution in [2.75, 3.05) is 5.88 Å². The molecule has 0 bridgehead atoms. The first-order valence-electron chi connectivity index (χ1n) is 12.0. The molecule has 0 fully saturated rings. The third-order valence-electron chi connectivity index (χ3n) is 5.50. The van der Waals surface area contributed by atoms with Gasteiger partial charge in [-0.1, -0.05) is 122 Å². The largest absolute Gasteiger partial charge is 0.248 e. The molecule has 0 atom stereocenters. The molecular formula is C23H47Cl3Si. The van der Waals surface area contributed by atoms with E-state index >= 15 is 0 Å². The average Bonchev–Trinajstić information content (AvgIpc) is 2.62. The van der Waals surface area contributed by atoms with Crippen LogP contribution < -0.4 is 0 Å². The van der Waals surface area contributed by atoms with Gasteiger partial charge in [0.15, 0.2) is 0 Å². The Bertz CT molecular complexity index is 279. The molecule has 0 aromatic heterocycles. The van der Waals surface area contributed by atoms with Crippen molar-refractivity contribution in [3.05, 3.63) is 0 Å². The van der Waals surface area contributed by atoms with Crippen LogP contribution in [0.25, 0.3) is 0 Å². The van der Waals surface area contributed by atoms with Crippen LogP contribution in [-0.4, -0.2) is 12.6 Å². The third-order valence-corrected chi connectivity index (χ3v) is 8.13. The molecule has 0 N–H and O–H groups in total. The summed E-state index contributed by atoms with van der Waals surface area (Å²) in [6.45, 7) is 0.199. The quantitative estimate of drug-likeness (QED) is 0.0655. The van der Waals surface area contributed by atoms with Crippen LogP contribution in [0.2, 0.25) is 12.6 Å². The maximum Gasteiger partial charge on any atom is 0.248 e. The second-order valence-corrected chi connectivity index (χ2v) is 17.2. The van der Waals surface area contributed by atoms with Crippen molar-refractivity contribution in [2.45, 2.75) is 141 Å². The molecule has 0 aliphatic carbocycles. The van der Waals surface area contributed by atoms with Gasteiger partial charge in [-0.2, -0.15) is 0 Å². The number of unbranched alkanes of at least 4 members (excludes halogenated alkanes) is 19. The minimum Gasteiger partial charge on any atom is -0.146 e. The fourth-order valence-corrected chi connectivity index (χ4v) is 5.57. The molecule has 0 unspecified atom stereocenters. The summed E-state index contributed by atoms with van der Waals surface area (Å²) in [7, 11) is 0. The van der Waals surface area contributed by atoms with Crippen molar-refractivity contribution in [1.29, 1.82) is 0 Å². The number of rotatable bonds is 22. The van der Waals surface area contributed by atoms with Crippen LogP contribution in [0.5, 0.6) is 0 Å². The molecule has 27 heavy (non-hydrogen) atoms. The molecule has 0 aromatic rings. The maximum absolute atomic E-state index is 6.12. The molecule has 164 valence electrons. The summed E-state index contributed by atoms with van der Waals surface area (Å²) in [5.41, 5.74) is 0. The van der Waals surface area contributed by atoms with Gasteiger partial charge in [-0.25, -0.2) is 0 Å². The topological polar surface area (TPSA) is 0 Å². The Kier molecular flexibility index (Phi) is 22.7. The molecule has 0 rings (SSSR count). The summed E-state index contributed by atoms with van der Waals surface area (Å²) < 4.78 is 0. The predicted molar refractivity (Wildman–Crippen MR) is 131 cm³/mol. The van der Waals surface area contributed by atoms with E-state index in [1.165, 1.54) is 128 Å². The lowest BCUT2D eigenvalue weighted by Gasteiger charge is -2.09. The highest BCUT2D eigenvalue weighted by atomic mass is 35.7. The van der Waals surface area contributed by atoms with Crippen molar-refractivity contribution < 1.29 is 0 Å². The predicted octanol–water partition coefficient (Wildman–Crippen LogP) is 10.6. The van der Waals surface area contributed by atoms with Gasteiger partial charge in [0.2, 0.25) is 6.69 Å². The van der Waals surface area contributed by atoms with E-state index < -0.39 is 6.69 Å². The highest BCUT2D eigenvalue weighted by molar-refractivity contribution is 7.44. The van der Waals surface area contributed by atoms with E-state index in [-0.39, 0.29) is 0 Å². The van der Waals surface area contributed by atoms with Gasteiger partial charge in [0.25, 0.3) is 0 Å². The SMILES string of the molecule is C[Si](Cl)(Cl)CCCCCCCCCCCCCCCCCCCCCCCl. The minimum atomic E-state index is -1.83. The summed E-state index contributed by atoms with van der Waals surface area (Å²) in [6.07, 6.45) is 28.0. The number of hydrogen-bond donors (Lipinski definition) is 0. The third kappa shape index (κ3) is 27.1.